The van der Waals surface area contributed by atoms with Gasteiger partial charge in [0.05, 0.1) is 11.4 Å². The summed E-state index contributed by atoms with van der Waals surface area (Å²) < 4.78 is 0. The maximum atomic E-state index is 5.11. The number of fused-ring (bicyclic) bond motifs is 3. The second-order valence-electron chi connectivity index (χ2n) is 15.4. The van der Waals surface area contributed by atoms with Gasteiger partial charge >= 0.3 is 0 Å². The molecule has 0 spiro atoms. The molecule has 0 bridgehead atoms. The van der Waals surface area contributed by atoms with E-state index in [2.05, 4.69) is 172 Å². The third-order valence-electron chi connectivity index (χ3n) is 11.8. The van der Waals surface area contributed by atoms with Crippen LogP contribution in [0.2, 0.25) is 0 Å². The average molecular weight is 701 g/mol. The molecule has 0 fully saturated rings. The molecule has 258 valence electrons. The summed E-state index contributed by atoms with van der Waals surface area (Å²) in [7, 11) is 0. The highest BCUT2D eigenvalue weighted by molar-refractivity contribution is 6.25. The zero-order valence-corrected chi connectivity index (χ0v) is 30.7. The predicted molar refractivity (Wildman–Crippen MR) is 230 cm³/mol. The Morgan fingerprint density at radius 1 is 0.345 bits per heavy atom. The number of nitrogens with zero attached hydrogens (tertiary/aromatic N) is 2. The van der Waals surface area contributed by atoms with Crippen LogP contribution in [0.1, 0.15) is 25.0 Å². The predicted octanol–water partition coefficient (Wildman–Crippen LogP) is 14.0. The highest BCUT2D eigenvalue weighted by Crippen LogP contribution is 2.51. The Labute approximate surface area is 320 Å². The summed E-state index contributed by atoms with van der Waals surface area (Å²) in [6, 6.07) is 66.0. The van der Waals surface area contributed by atoms with Crippen LogP contribution >= 0.6 is 0 Å². The van der Waals surface area contributed by atoms with Crippen molar-refractivity contribution in [1.29, 1.82) is 0 Å². The molecule has 0 atom stereocenters. The summed E-state index contributed by atoms with van der Waals surface area (Å²) in [5.74, 6) is 0.723. The minimum absolute atomic E-state index is 0.167. The molecule has 0 N–H and O–H groups in total. The molecule has 1 heterocycles. The SMILES string of the molecule is CC1(C)c2cc(-c3cccc(-c4cc(-c5ccccc5)nc(-c5ccccc5)n4)c3)ccc2-c2ccc(-c3ccc4ccc5cccc6ccc3c4c56)cc21. The molecule has 55 heavy (non-hydrogen) atoms. The van der Waals surface area contributed by atoms with Gasteiger partial charge in [-0.1, -0.05) is 172 Å². The van der Waals surface area contributed by atoms with E-state index in [1.807, 2.05) is 24.3 Å². The van der Waals surface area contributed by atoms with E-state index in [0.29, 0.717) is 0 Å². The van der Waals surface area contributed by atoms with Crippen LogP contribution in [0.3, 0.4) is 0 Å². The lowest BCUT2D eigenvalue weighted by atomic mass is 9.80. The van der Waals surface area contributed by atoms with Gasteiger partial charge in [-0.2, -0.15) is 0 Å². The number of hydrogen-bond acceptors (Lipinski definition) is 2. The molecular weight excluding hydrogens is 665 g/mol. The molecule has 1 aliphatic rings. The van der Waals surface area contributed by atoms with E-state index in [4.69, 9.17) is 9.97 Å². The maximum absolute atomic E-state index is 5.11. The third-order valence-corrected chi connectivity index (χ3v) is 11.8. The molecule has 0 amide bonds. The monoisotopic (exact) mass is 700 g/mol. The topological polar surface area (TPSA) is 25.8 Å². The molecule has 2 nitrogen and oxygen atoms in total. The fraction of sp³-hybridized carbons (Fsp3) is 0.0566. The molecule has 2 heteroatoms. The largest absolute Gasteiger partial charge is 0.228 e. The smallest absolute Gasteiger partial charge is 0.160 e. The van der Waals surface area contributed by atoms with E-state index in [0.717, 1.165) is 33.9 Å². The zero-order valence-electron chi connectivity index (χ0n) is 30.7. The molecule has 9 aromatic carbocycles. The van der Waals surface area contributed by atoms with E-state index in [1.165, 1.54) is 76.8 Å². The molecule has 1 aromatic heterocycles. The van der Waals surface area contributed by atoms with Gasteiger partial charge in [-0.25, -0.2) is 9.97 Å². The van der Waals surface area contributed by atoms with Crippen LogP contribution in [0.5, 0.6) is 0 Å². The quantitative estimate of drug-likeness (QED) is 0.167. The van der Waals surface area contributed by atoms with Gasteiger partial charge in [0.1, 0.15) is 0 Å². The summed E-state index contributed by atoms with van der Waals surface area (Å²) in [5.41, 5.74) is 15.1. The molecule has 0 aliphatic heterocycles. The van der Waals surface area contributed by atoms with Crippen LogP contribution in [0.15, 0.2) is 182 Å². The van der Waals surface area contributed by atoms with Crippen molar-refractivity contribution in [3.8, 4) is 67.3 Å². The Balaban J connectivity index is 0.981. The van der Waals surface area contributed by atoms with Crippen LogP contribution in [-0.4, -0.2) is 9.97 Å². The number of aromatic nitrogens is 2. The summed E-state index contributed by atoms with van der Waals surface area (Å²) in [4.78, 5) is 10.1. The fourth-order valence-electron chi connectivity index (χ4n) is 9.00. The molecular formula is C53H36N2. The first-order chi connectivity index (χ1) is 27.0. The Hall–Kier alpha value is -6.90. The standard InChI is InChI=1S/C53H36N2/c1-53(2)46-30-39(38-17-10-18-41(29-38)49-32-48(33-11-5-3-6-12-33)54-52(55-49)37-13-7-4-8-14-37)23-26-43(46)44-27-24-40(31-47(44)53)42-25-21-36-20-19-34-15-9-16-35-22-28-45(42)51(36)50(34)35/h3-32H,1-2H3. The van der Waals surface area contributed by atoms with Crippen LogP contribution in [0, 0.1) is 0 Å². The highest BCUT2D eigenvalue weighted by Gasteiger charge is 2.36. The lowest BCUT2D eigenvalue weighted by molar-refractivity contribution is 0.661. The maximum Gasteiger partial charge on any atom is 0.160 e. The lowest BCUT2D eigenvalue weighted by Gasteiger charge is -2.23. The van der Waals surface area contributed by atoms with Gasteiger partial charge in [0, 0.05) is 22.1 Å². The van der Waals surface area contributed by atoms with Crippen LogP contribution < -0.4 is 0 Å². The van der Waals surface area contributed by atoms with Crippen molar-refractivity contribution in [3.63, 3.8) is 0 Å². The van der Waals surface area contributed by atoms with Gasteiger partial charge in [-0.3, -0.25) is 0 Å². The van der Waals surface area contributed by atoms with Gasteiger partial charge in [-0.05, 0) is 101 Å². The van der Waals surface area contributed by atoms with Crippen molar-refractivity contribution in [3.05, 3.63) is 193 Å². The van der Waals surface area contributed by atoms with Gasteiger partial charge in [0.25, 0.3) is 0 Å². The second-order valence-corrected chi connectivity index (χ2v) is 15.4. The molecule has 0 radical (unpaired) electrons. The summed E-state index contributed by atoms with van der Waals surface area (Å²) in [6.45, 7) is 4.76. The van der Waals surface area contributed by atoms with Gasteiger partial charge in [-0.15, -0.1) is 0 Å². The van der Waals surface area contributed by atoms with Crippen molar-refractivity contribution in [2.24, 2.45) is 0 Å². The molecule has 1 aliphatic carbocycles. The average Bonchev–Trinajstić information content (AvgIpc) is 3.48. The van der Waals surface area contributed by atoms with E-state index in [9.17, 15) is 0 Å². The summed E-state index contributed by atoms with van der Waals surface area (Å²) in [6.07, 6.45) is 0. The lowest BCUT2D eigenvalue weighted by Crippen LogP contribution is -2.15. The highest BCUT2D eigenvalue weighted by atomic mass is 14.9. The molecule has 0 unspecified atom stereocenters. The van der Waals surface area contributed by atoms with Crippen molar-refractivity contribution in [2.75, 3.05) is 0 Å². The van der Waals surface area contributed by atoms with E-state index < -0.39 is 0 Å². The Bertz CT molecular complexity index is 3030. The van der Waals surface area contributed by atoms with Crippen LogP contribution in [0.25, 0.3) is 99.6 Å². The Kier molecular flexibility index (Phi) is 6.93. The molecule has 0 saturated carbocycles. The summed E-state index contributed by atoms with van der Waals surface area (Å²) in [5, 5.41) is 7.92. The van der Waals surface area contributed by atoms with Gasteiger partial charge in [0.2, 0.25) is 0 Å². The normalized spacial score (nSPS) is 13.1. The minimum atomic E-state index is -0.167. The van der Waals surface area contributed by atoms with Gasteiger partial charge in [0.15, 0.2) is 5.82 Å². The van der Waals surface area contributed by atoms with Crippen molar-refractivity contribution < 1.29 is 0 Å². The first-order valence-corrected chi connectivity index (χ1v) is 19.1. The van der Waals surface area contributed by atoms with Crippen molar-refractivity contribution in [1.82, 2.24) is 9.97 Å². The summed E-state index contributed by atoms with van der Waals surface area (Å²) >= 11 is 0. The third kappa shape index (κ3) is 5.02. The van der Waals surface area contributed by atoms with E-state index >= 15 is 0 Å². The van der Waals surface area contributed by atoms with E-state index in [-0.39, 0.29) is 5.41 Å². The molecule has 11 rings (SSSR count). The Morgan fingerprint density at radius 3 is 1.58 bits per heavy atom. The zero-order chi connectivity index (χ0) is 36.7. The van der Waals surface area contributed by atoms with Crippen LogP contribution in [-0.2, 0) is 5.41 Å². The van der Waals surface area contributed by atoms with E-state index in [1.54, 1.807) is 0 Å². The molecule has 0 saturated heterocycles. The first kappa shape index (κ1) is 31.6. The van der Waals surface area contributed by atoms with Crippen molar-refractivity contribution >= 4 is 32.3 Å². The Morgan fingerprint density at radius 2 is 0.855 bits per heavy atom. The number of benzene rings is 9. The van der Waals surface area contributed by atoms with Crippen molar-refractivity contribution in [2.45, 2.75) is 19.3 Å². The fourth-order valence-corrected chi connectivity index (χ4v) is 9.00. The second kappa shape index (κ2) is 12.1. The first-order valence-electron chi connectivity index (χ1n) is 19.1. The van der Waals surface area contributed by atoms with Crippen LogP contribution in [0.4, 0.5) is 0 Å². The number of rotatable bonds is 5. The van der Waals surface area contributed by atoms with Gasteiger partial charge < -0.3 is 0 Å². The number of hydrogen-bond donors (Lipinski definition) is 0. The minimum Gasteiger partial charge on any atom is -0.228 e. The molecule has 10 aromatic rings.